The predicted octanol–water partition coefficient (Wildman–Crippen LogP) is 3.43. The van der Waals surface area contributed by atoms with Crippen molar-refractivity contribution in [3.63, 3.8) is 0 Å². The Kier molecular flexibility index (Phi) is 3.76. The van der Waals surface area contributed by atoms with E-state index in [0.717, 1.165) is 27.0 Å². The average molecular weight is 335 g/mol. The van der Waals surface area contributed by atoms with Gasteiger partial charge in [-0.1, -0.05) is 35.6 Å². The molecular formula is C17H13N5OS. The molecule has 1 aromatic carbocycles. The zero-order valence-corrected chi connectivity index (χ0v) is 13.6. The van der Waals surface area contributed by atoms with E-state index in [-0.39, 0.29) is 0 Å². The van der Waals surface area contributed by atoms with E-state index in [1.807, 2.05) is 54.6 Å². The van der Waals surface area contributed by atoms with Gasteiger partial charge >= 0.3 is 0 Å². The molecule has 0 spiro atoms. The number of methoxy groups -OCH3 is 1. The summed E-state index contributed by atoms with van der Waals surface area (Å²) in [4.78, 5) is 5.04. The lowest BCUT2D eigenvalue weighted by molar-refractivity contribution is 0.414. The highest BCUT2D eigenvalue weighted by atomic mass is 32.1. The molecule has 0 saturated heterocycles. The van der Waals surface area contributed by atoms with Crippen LogP contribution >= 0.6 is 11.3 Å². The summed E-state index contributed by atoms with van der Waals surface area (Å²) < 4.78 is 7.07. The Hall–Kier alpha value is -3.06. The lowest BCUT2D eigenvalue weighted by Gasteiger charge is -2.02. The summed E-state index contributed by atoms with van der Waals surface area (Å²) in [5, 5.41) is 13.7. The molecule has 0 fully saturated rings. The number of benzene rings is 1. The van der Waals surface area contributed by atoms with Crippen molar-refractivity contribution in [3.8, 4) is 17.3 Å². The lowest BCUT2D eigenvalue weighted by Crippen LogP contribution is -1.92. The third-order valence-corrected chi connectivity index (χ3v) is 4.31. The highest BCUT2D eigenvalue weighted by Gasteiger charge is 2.12. The van der Waals surface area contributed by atoms with Gasteiger partial charge in [0, 0.05) is 11.8 Å². The molecule has 7 heteroatoms. The molecule has 3 heterocycles. The predicted molar refractivity (Wildman–Crippen MR) is 93.8 cm³/mol. The molecule has 0 amide bonds. The van der Waals surface area contributed by atoms with E-state index in [0.29, 0.717) is 5.82 Å². The summed E-state index contributed by atoms with van der Waals surface area (Å²) in [6, 6.07) is 13.5. The Labute approximate surface area is 142 Å². The number of hydrogen-bond acceptors (Lipinski definition) is 6. The van der Waals surface area contributed by atoms with Crippen LogP contribution < -0.4 is 4.74 Å². The Morgan fingerprint density at radius 1 is 1.04 bits per heavy atom. The largest absolute Gasteiger partial charge is 0.496 e. The highest BCUT2D eigenvalue weighted by Crippen LogP contribution is 2.23. The van der Waals surface area contributed by atoms with E-state index in [9.17, 15) is 0 Å². The first-order chi connectivity index (χ1) is 11.8. The summed E-state index contributed by atoms with van der Waals surface area (Å²) in [6.07, 6.45) is 5.65. The van der Waals surface area contributed by atoms with Gasteiger partial charge in [0.15, 0.2) is 0 Å². The van der Waals surface area contributed by atoms with E-state index in [4.69, 9.17) is 4.74 Å². The maximum atomic E-state index is 5.35. The molecule has 0 unspecified atom stereocenters. The minimum absolute atomic E-state index is 0.638. The van der Waals surface area contributed by atoms with Crippen molar-refractivity contribution >= 4 is 28.4 Å². The number of ether oxygens (including phenoxy) is 1. The van der Waals surface area contributed by atoms with Crippen LogP contribution in [0.15, 0.2) is 48.7 Å². The van der Waals surface area contributed by atoms with Crippen LogP contribution in [0, 0.1) is 0 Å². The Bertz CT molecular complexity index is 1010. The van der Waals surface area contributed by atoms with Gasteiger partial charge in [-0.3, -0.25) is 4.98 Å². The van der Waals surface area contributed by atoms with Crippen molar-refractivity contribution < 1.29 is 4.74 Å². The van der Waals surface area contributed by atoms with E-state index in [1.54, 1.807) is 17.8 Å². The second kappa shape index (κ2) is 6.21. The lowest BCUT2D eigenvalue weighted by atomic mass is 10.2. The van der Waals surface area contributed by atoms with Crippen LogP contribution in [0.1, 0.15) is 10.6 Å². The number of pyridine rings is 1. The molecule has 6 nitrogen and oxygen atoms in total. The van der Waals surface area contributed by atoms with Crippen LogP contribution in [-0.4, -0.2) is 31.9 Å². The second-order valence-corrected chi connectivity index (χ2v) is 5.94. The summed E-state index contributed by atoms with van der Waals surface area (Å²) in [5.41, 5.74) is 1.74. The van der Waals surface area contributed by atoms with Gasteiger partial charge in [-0.2, -0.15) is 9.61 Å². The molecule has 0 radical (unpaired) electrons. The molecule has 0 aliphatic carbocycles. The van der Waals surface area contributed by atoms with Gasteiger partial charge in [0.2, 0.25) is 10.8 Å². The van der Waals surface area contributed by atoms with Crippen molar-refractivity contribution in [1.29, 1.82) is 0 Å². The molecular weight excluding hydrogens is 322 g/mol. The van der Waals surface area contributed by atoms with Crippen molar-refractivity contribution in [2.45, 2.75) is 0 Å². The molecule has 0 aliphatic heterocycles. The summed E-state index contributed by atoms with van der Waals surface area (Å²) in [5.74, 6) is 1.46. The first-order valence-electron chi connectivity index (χ1n) is 7.30. The van der Waals surface area contributed by atoms with Gasteiger partial charge < -0.3 is 4.74 Å². The van der Waals surface area contributed by atoms with E-state index in [1.165, 1.54) is 11.3 Å². The molecule has 3 aromatic heterocycles. The van der Waals surface area contributed by atoms with E-state index >= 15 is 0 Å². The summed E-state index contributed by atoms with van der Waals surface area (Å²) in [7, 11) is 1.66. The normalized spacial score (nSPS) is 11.4. The number of rotatable bonds is 4. The molecule has 4 aromatic rings. The number of para-hydroxylation sites is 1. The molecule has 0 atom stereocenters. The van der Waals surface area contributed by atoms with Crippen LogP contribution in [0.5, 0.6) is 5.75 Å². The Morgan fingerprint density at radius 2 is 1.92 bits per heavy atom. The number of nitrogens with zero attached hydrogens (tertiary/aromatic N) is 5. The Balaban J connectivity index is 1.69. The number of fused-ring (bicyclic) bond motifs is 1. The number of aromatic nitrogens is 5. The highest BCUT2D eigenvalue weighted by molar-refractivity contribution is 7.17. The molecule has 24 heavy (non-hydrogen) atoms. The van der Waals surface area contributed by atoms with Crippen molar-refractivity contribution in [1.82, 2.24) is 24.8 Å². The van der Waals surface area contributed by atoms with Gasteiger partial charge in [-0.25, -0.2) is 0 Å². The SMILES string of the molecule is COc1ccccc1/C=C\c1nn2c(-c3ccccn3)nnc2s1. The minimum atomic E-state index is 0.638. The quantitative estimate of drug-likeness (QED) is 0.572. The maximum Gasteiger partial charge on any atom is 0.235 e. The van der Waals surface area contributed by atoms with Gasteiger partial charge in [0.05, 0.1) is 7.11 Å². The van der Waals surface area contributed by atoms with Crippen molar-refractivity contribution in [3.05, 3.63) is 59.2 Å². The van der Waals surface area contributed by atoms with Crippen LogP contribution in [0.4, 0.5) is 0 Å². The van der Waals surface area contributed by atoms with E-state index < -0.39 is 0 Å². The molecule has 0 aliphatic rings. The van der Waals surface area contributed by atoms with Crippen LogP contribution in [0.3, 0.4) is 0 Å². The third-order valence-electron chi connectivity index (χ3n) is 3.44. The van der Waals surface area contributed by atoms with Gasteiger partial charge in [0.25, 0.3) is 0 Å². The first kappa shape index (κ1) is 14.5. The first-order valence-corrected chi connectivity index (χ1v) is 8.11. The smallest absolute Gasteiger partial charge is 0.235 e. The minimum Gasteiger partial charge on any atom is -0.496 e. The zero-order chi connectivity index (χ0) is 16.4. The zero-order valence-electron chi connectivity index (χ0n) is 12.8. The maximum absolute atomic E-state index is 5.35. The molecule has 0 saturated carbocycles. The average Bonchev–Trinajstić information content (AvgIpc) is 3.21. The van der Waals surface area contributed by atoms with Crippen molar-refractivity contribution in [2.24, 2.45) is 0 Å². The van der Waals surface area contributed by atoms with Gasteiger partial charge in [-0.15, -0.1) is 10.2 Å². The van der Waals surface area contributed by atoms with Gasteiger partial charge in [0.1, 0.15) is 16.5 Å². The van der Waals surface area contributed by atoms with Crippen LogP contribution in [0.2, 0.25) is 0 Å². The van der Waals surface area contributed by atoms with E-state index in [2.05, 4.69) is 20.3 Å². The number of hydrogen-bond donors (Lipinski definition) is 0. The standard InChI is InChI=1S/C17H13N5OS/c1-23-14-8-3-2-6-12(14)9-10-15-21-22-16(19-20-17(22)24-15)13-7-4-5-11-18-13/h2-11H,1H3/b10-9-. The van der Waals surface area contributed by atoms with Crippen LogP contribution in [0.25, 0.3) is 28.6 Å². The molecule has 4 rings (SSSR count). The summed E-state index contributed by atoms with van der Waals surface area (Å²) in [6.45, 7) is 0. The fourth-order valence-corrected chi connectivity index (χ4v) is 3.06. The Morgan fingerprint density at radius 3 is 2.75 bits per heavy atom. The monoisotopic (exact) mass is 335 g/mol. The van der Waals surface area contributed by atoms with Gasteiger partial charge in [-0.05, 0) is 30.4 Å². The summed E-state index contributed by atoms with van der Waals surface area (Å²) >= 11 is 1.47. The van der Waals surface area contributed by atoms with Crippen molar-refractivity contribution in [2.75, 3.05) is 7.11 Å². The van der Waals surface area contributed by atoms with Crippen LogP contribution in [-0.2, 0) is 0 Å². The molecule has 0 bridgehead atoms. The topological polar surface area (TPSA) is 65.2 Å². The third kappa shape index (κ3) is 2.65. The molecule has 0 N–H and O–H groups in total. The fraction of sp³-hybridized carbons (Fsp3) is 0.0588. The second-order valence-electron chi connectivity index (χ2n) is 4.95. The molecule has 118 valence electrons. The fourth-order valence-electron chi connectivity index (χ4n) is 2.32.